The van der Waals surface area contributed by atoms with E-state index in [0.29, 0.717) is 0 Å². The van der Waals surface area contributed by atoms with Crippen LogP contribution in [0.25, 0.3) is 11.2 Å². The highest BCUT2D eigenvalue weighted by atomic mass is 31.3. The van der Waals surface area contributed by atoms with Crippen molar-refractivity contribution in [2.24, 2.45) is 0 Å². The Labute approximate surface area is 216 Å². The van der Waals surface area contributed by atoms with Crippen molar-refractivity contribution in [2.45, 2.75) is 55.2 Å². The Bertz CT molecular complexity index is 1340. The maximum Gasteiger partial charge on any atom is 0.483 e. The van der Waals surface area contributed by atoms with Gasteiger partial charge in [-0.3, -0.25) is 23.4 Å². The van der Waals surface area contributed by atoms with Crippen molar-refractivity contribution in [3.63, 3.8) is 0 Å². The Hall–Kier alpha value is -1.91. The average Bonchev–Trinajstić information content (AvgIpc) is 3.38. The molecule has 0 radical (unpaired) electrons. The van der Waals surface area contributed by atoms with Crippen molar-refractivity contribution in [1.29, 1.82) is 0 Å². The summed E-state index contributed by atoms with van der Waals surface area (Å²) in [7, 11) is -11.1. The lowest BCUT2D eigenvalue weighted by atomic mass is 10.1. The first-order valence-corrected chi connectivity index (χ1v) is 13.9. The lowest BCUT2D eigenvalue weighted by Crippen LogP contribution is -2.58. The molecule has 4 heterocycles. The monoisotopic (exact) mass is 607 g/mol. The largest absolute Gasteiger partial charge is 0.483 e. The molecule has 11 N–H and O–H groups in total. The average molecular weight is 607 g/mol. The fourth-order valence-electron chi connectivity index (χ4n) is 3.85. The Balaban J connectivity index is 1.39. The Morgan fingerprint density at radius 3 is 2.41 bits per heavy atom. The molecular formula is C16H25N5O16P2. The number of nitrogens with one attached hydrogen (secondary N) is 1. The molecule has 2 unspecified atom stereocenters. The van der Waals surface area contributed by atoms with Crippen molar-refractivity contribution in [3.05, 3.63) is 16.7 Å². The maximum absolute atomic E-state index is 12.3. The Morgan fingerprint density at radius 2 is 1.74 bits per heavy atom. The molecule has 0 spiro atoms. The molecule has 2 aromatic heterocycles. The minimum absolute atomic E-state index is 0.114. The standard InChI is InChI=1S/C16H25N5O16P2/c17-16-19-12-6(13(28)20-16)18-3-21(12)14-10(26)8(24)5(34-14)2-33-38(29,30)37-39(31,32)36-15-11(27)9(25)7(23)4(1-22)35-15/h3-5,7-11,14-15,22-27H,1-2H2,(H,29,30)(H,31,32)(H3,17,19,20,28)/t4-,5-,7-,8-,9+,10-,11+,14-,15-/m1/s1/i15+2. The van der Waals surface area contributed by atoms with Crippen molar-refractivity contribution in [1.82, 2.24) is 19.5 Å². The number of aliphatic hydroxyl groups is 6. The molecule has 2 aliphatic rings. The second-order valence-electron chi connectivity index (χ2n) is 8.44. The first-order chi connectivity index (χ1) is 18.1. The summed E-state index contributed by atoms with van der Waals surface area (Å²) in [5, 5.41) is 59.2. The maximum atomic E-state index is 12.3. The van der Waals surface area contributed by atoms with Crippen molar-refractivity contribution >= 4 is 32.8 Å². The third-order valence-corrected chi connectivity index (χ3v) is 8.36. The number of H-pyrrole nitrogens is 1. The van der Waals surface area contributed by atoms with Gasteiger partial charge in [-0.15, -0.1) is 0 Å². The number of aliphatic hydroxyl groups excluding tert-OH is 6. The molecular weight excluding hydrogens is 582 g/mol. The van der Waals surface area contributed by atoms with Crippen LogP contribution >= 0.6 is 15.6 Å². The third-order valence-electron chi connectivity index (χ3n) is 5.76. The molecule has 23 heteroatoms. The van der Waals surface area contributed by atoms with Gasteiger partial charge in [-0.1, -0.05) is 0 Å². The highest BCUT2D eigenvalue weighted by Gasteiger charge is 2.49. The number of hydrogen-bond acceptors (Lipinski definition) is 17. The second kappa shape index (κ2) is 11.2. The quantitative estimate of drug-likeness (QED) is 0.120. The molecule has 0 amide bonds. The van der Waals surface area contributed by atoms with Crippen LogP contribution in [-0.2, 0) is 32.0 Å². The van der Waals surface area contributed by atoms with Crippen LogP contribution in [-0.4, -0.2) is 122 Å². The van der Waals surface area contributed by atoms with Crippen LogP contribution in [0.15, 0.2) is 11.1 Å². The summed E-state index contributed by atoms with van der Waals surface area (Å²) in [5.74, 6) is -0.278. The number of nitrogens with zero attached hydrogens (tertiary/aromatic N) is 3. The number of aromatic nitrogens is 4. The van der Waals surface area contributed by atoms with Crippen LogP contribution in [0.3, 0.4) is 0 Å². The van der Waals surface area contributed by atoms with Crippen LogP contribution in [0.4, 0.5) is 5.95 Å². The number of imidazole rings is 1. The van der Waals surface area contributed by atoms with E-state index in [4.69, 9.17) is 20.3 Å². The van der Waals surface area contributed by atoms with Crippen molar-refractivity contribution in [3.8, 4) is 0 Å². The van der Waals surface area contributed by atoms with Gasteiger partial charge in [0.25, 0.3) is 5.56 Å². The molecule has 0 bridgehead atoms. The van der Waals surface area contributed by atoms with E-state index < -0.39 is 89.7 Å². The second-order valence-corrected chi connectivity index (χ2v) is 11.4. The first kappa shape index (κ1) is 30.1. The molecule has 11 atom stereocenters. The number of nitrogen functional groups attached to an aromatic ring is 1. The number of phosphoric acid groups is 2. The van der Waals surface area contributed by atoms with Crippen LogP contribution in [0.5, 0.6) is 0 Å². The smallest absolute Gasteiger partial charge is 0.394 e. The molecule has 2 aliphatic heterocycles. The van der Waals surface area contributed by atoms with E-state index in [2.05, 4.69) is 28.3 Å². The summed E-state index contributed by atoms with van der Waals surface area (Å²) in [6.07, 6.45) is -15.0. The zero-order valence-electron chi connectivity index (χ0n) is 19.3. The summed E-state index contributed by atoms with van der Waals surface area (Å²) in [5.41, 5.74) is 4.54. The van der Waals surface area contributed by atoms with Gasteiger partial charge in [-0.2, -0.15) is 9.29 Å². The van der Waals surface area contributed by atoms with Gasteiger partial charge in [-0.05, 0) is 0 Å². The van der Waals surface area contributed by atoms with E-state index in [9.17, 15) is 49.2 Å². The van der Waals surface area contributed by atoms with E-state index in [1.54, 1.807) is 0 Å². The topological polar surface area (TPSA) is 332 Å². The molecule has 39 heavy (non-hydrogen) atoms. The first-order valence-electron chi connectivity index (χ1n) is 10.9. The number of anilines is 1. The van der Waals surface area contributed by atoms with Crippen LogP contribution in [0, 0.1) is 0 Å². The van der Waals surface area contributed by atoms with Crippen molar-refractivity contribution in [2.75, 3.05) is 18.9 Å². The summed E-state index contributed by atoms with van der Waals surface area (Å²) in [6.45, 7) is -1.89. The van der Waals surface area contributed by atoms with Gasteiger partial charge in [0.05, 0.1) is 19.5 Å². The molecule has 0 aromatic carbocycles. The van der Waals surface area contributed by atoms with Gasteiger partial charge in [0, 0.05) is 0 Å². The minimum Gasteiger partial charge on any atom is -0.394 e. The summed E-state index contributed by atoms with van der Waals surface area (Å²) < 4.78 is 49.1. The van der Waals surface area contributed by atoms with Gasteiger partial charge in [-0.25, -0.2) is 14.1 Å². The van der Waals surface area contributed by atoms with E-state index in [0.717, 1.165) is 10.9 Å². The molecule has 0 aliphatic carbocycles. The number of rotatable bonds is 9. The van der Waals surface area contributed by atoms with Crippen LogP contribution in [0.2, 0.25) is 0 Å². The number of ether oxygens (including phenoxy) is 2. The third kappa shape index (κ3) is 6.22. The molecule has 2 fully saturated rings. The number of hydrogen-bond donors (Lipinski definition) is 10. The summed E-state index contributed by atoms with van der Waals surface area (Å²) in [4.78, 5) is 41.7. The SMILES string of the molecule is Nc1nc2c(ncn2[C@@H]2O[C@H](COP(=O)(O)OP(=O)(O)O[14C@H]3O[C@H](CO)[C@@H](O)[C@H](O)[C@@H]3O)[C@@H](O)[C@H]2O)c(=O)[nH]1. The van der Waals surface area contributed by atoms with E-state index in [-0.39, 0.29) is 17.1 Å². The predicted molar refractivity (Wildman–Crippen MR) is 120 cm³/mol. The Kier molecular flexibility index (Phi) is 8.60. The predicted octanol–water partition coefficient (Wildman–Crippen LogP) is -4.63. The molecule has 2 saturated heterocycles. The van der Waals surface area contributed by atoms with Crippen molar-refractivity contribution < 1.29 is 72.4 Å². The van der Waals surface area contributed by atoms with Gasteiger partial charge in [0.15, 0.2) is 23.7 Å². The highest BCUT2D eigenvalue weighted by molar-refractivity contribution is 7.61. The van der Waals surface area contributed by atoms with Gasteiger partial charge < -0.3 is 55.6 Å². The van der Waals surface area contributed by atoms with Gasteiger partial charge >= 0.3 is 15.6 Å². The number of fused-ring (bicyclic) bond motifs is 1. The molecule has 4 rings (SSSR count). The van der Waals surface area contributed by atoms with Gasteiger partial charge in [0.2, 0.25) is 5.95 Å². The number of phosphoric ester groups is 2. The van der Waals surface area contributed by atoms with Crippen LogP contribution in [0.1, 0.15) is 6.23 Å². The zero-order valence-corrected chi connectivity index (χ0v) is 21.1. The molecule has 2 aromatic rings. The summed E-state index contributed by atoms with van der Waals surface area (Å²) >= 11 is 0. The molecule has 0 saturated carbocycles. The normalized spacial score (nSPS) is 36.6. The van der Waals surface area contributed by atoms with E-state index in [1.807, 2.05) is 0 Å². The lowest BCUT2D eigenvalue weighted by molar-refractivity contribution is -0.280. The van der Waals surface area contributed by atoms with Crippen LogP contribution < -0.4 is 11.3 Å². The fourth-order valence-corrected chi connectivity index (χ4v) is 6.01. The minimum atomic E-state index is -5.60. The fraction of sp³-hybridized carbons (Fsp3) is 0.688. The zero-order chi connectivity index (χ0) is 28.9. The molecule has 220 valence electrons. The summed E-state index contributed by atoms with van der Waals surface area (Å²) in [6, 6.07) is 0. The van der Waals surface area contributed by atoms with E-state index >= 15 is 0 Å². The Morgan fingerprint density at radius 1 is 1.08 bits per heavy atom. The molecule has 21 nitrogen and oxygen atoms in total. The van der Waals surface area contributed by atoms with E-state index in [1.165, 1.54) is 0 Å². The lowest BCUT2D eigenvalue weighted by Gasteiger charge is -2.39. The number of aromatic amines is 1. The highest BCUT2D eigenvalue weighted by Crippen LogP contribution is 2.61. The van der Waals surface area contributed by atoms with Gasteiger partial charge in [0.1, 0.15) is 42.7 Å². The number of nitrogens with two attached hydrogens (primary N) is 1.